The zero-order valence-electron chi connectivity index (χ0n) is 18.3. The van der Waals surface area contributed by atoms with E-state index in [4.69, 9.17) is 20.5 Å². The van der Waals surface area contributed by atoms with E-state index in [0.29, 0.717) is 54.2 Å². The number of anilines is 1. The molecule has 1 unspecified atom stereocenters. The third-order valence-electron chi connectivity index (χ3n) is 6.02. The molecule has 1 saturated heterocycles. The van der Waals surface area contributed by atoms with Crippen LogP contribution in [-0.2, 0) is 7.05 Å². The van der Waals surface area contributed by atoms with E-state index in [2.05, 4.69) is 20.6 Å². The smallest absolute Gasteiger partial charge is 0.404 e. The second-order valence-electron chi connectivity index (χ2n) is 8.17. The number of carbonyl (C=O) groups is 2. The van der Waals surface area contributed by atoms with Gasteiger partial charge in [-0.1, -0.05) is 30.3 Å². The lowest BCUT2D eigenvalue weighted by Gasteiger charge is -2.18. The number of nitrogens with one attached hydrogen (secondary N) is 1. The Bertz CT molecular complexity index is 1380. The van der Waals surface area contributed by atoms with Crippen LogP contribution in [0.4, 0.5) is 10.6 Å². The van der Waals surface area contributed by atoms with Crippen LogP contribution in [0, 0.1) is 5.92 Å². The van der Waals surface area contributed by atoms with Gasteiger partial charge in [-0.05, 0) is 22.7 Å². The SMILES string of the molecule is Cn1c(-c2nonc2N)nc2c(-c3ccccc3)ncc(C(=O)N3CCC(CNC(=O)O)C3)c21. The van der Waals surface area contributed by atoms with Crippen molar-refractivity contribution in [2.45, 2.75) is 6.42 Å². The summed E-state index contributed by atoms with van der Waals surface area (Å²) in [5.41, 5.74) is 9.16. The number of carboxylic acid groups (broad SMARTS) is 1. The number of benzene rings is 1. The van der Waals surface area contributed by atoms with Crippen LogP contribution in [0.25, 0.3) is 33.8 Å². The fourth-order valence-electron chi connectivity index (χ4n) is 4.34. The average Bonchev–Trinajstić information content (AvgIpc) is 3.56. The van der Waals surface area contributed by atoms with Gasteiger partial charge < -0.3 is 25.6 Å². The number of likely N-dealkylation sites (tertiary alicyclic amines) is 1. The maximum Gasteiger partial charge on any atom is 0.404 e. The molecule has 3 aromatic heterocycles. The summed E-state index contributed by atoms with van der Waals surface area (Å²) >= 11 is 0. The molecule has 4 heterocycles. The van der Waals surface area contributed by atoms with Crippen molar-refractivity contribution in [3.05, 3.63) is 42.1 Å². The first-order valence-corrected chi connectivity index (χ1v) is 10.7. The summed E-state index contributed by atoms with van der Waals surface area (Å²) in [6.45, 7) is 1.28. The highest BCUT2D eigenvalue weighted by Crippen LogP contribution is 2.33. The molecule has 1 aromatic carbocycles. The number of aryl methyl sites for hydroxylation is 1. The molecule has 12 heteroatoms. The van der Waals surface area contributed by atoms with Gasteiger partial charge in [-0.25, -0.2) is 14.4 Å². The number of nitrogens with two attached hydrogens (primary N) is 1. The van der Waals surface area contributed by atoms with Gasteiger partial charge in [-0.15, -0.1) is 0 Å². The van der Waals surface area contributed by atoms with Crippen molar-refractivity contribution in [3.8, 4) is 22.8 Å². The highest BCUT2D eigenvalue weighted by molar-refractivity contribution is 6.08. The number of carbonyl (C=O) groups excluding carboxylic acids is 1. The van der Waals surface area contributed by atoms with Crippen molar-refractivity contribution in [1.82, 2.24) is 35.1 Å². The van der Waals surface area contributed by atoms with E-state index in [9.17, 15) is 9.59 Å². The number of imidazole rings is 1. The molecule has 0 aliphatic carbocycles. The zero-order chi connectivity index (χ0) is 23.8. The maximum atomic E-state index is 13.5. The number of aromatic nitrogens is 5. The van der Waals surface area contributed by atoms with Crippen molar-refractivity contribution in [1.29, 1.82) is 0 Å². The molecule has 12 nitrogen and oxygen atoms in total. The second kappa shape index (κ2) is 8.46. The standard InChI is InChI=1S/C22H22N8O4/c1-29-18-14(21(31)30-8-7-12(11-30)9-25-22(32)33)10-24-15(13-5-3-2-4-6-13)16(18)26-20(29)17-19(23)28-34-27-17/h2-6,10,12,25H,7-9,11H2,1H3,(H2,23,28)(H,32,33). The Hall–Kier alpha value is -4.48. The number of pyridine rings is 1. The van der Waals surface area contributed by atoms with E-state index < -0.39 is 6.09 Å². The lowest BCUT2D eigenvalue weighted by atomic mass is 10.1. The van der Waals surface area contributed by atoms with Gasteiger partial charge in [0.05, 0.1) is 16.8 Å². The third kappa shape index (κ3) is 3.68. The van der Waals surface area contributed by atoms with Crippen molar-refractivity contribution < 1.29 is 19.3 Å². The van der Waals surface area contributed by atoms with Crippen LogP contribution >= 0.6 is 0 Å². The van der Waals surface area contributed by atoms with Crippen LogP contribution in [0.2, 0.25) is 0 Å². The summed E-state index contributed by atoms with van der Waals surface area (Å²) in [6, 6.07) is 9.56. The van der Waals surface area contributed by atoms with Crippen LogP contribution in [0.3, 0.4) is 0 Å². The Kier molecular flexibility index (Phi) is 5.32. The van der Waals surface area contributed by atoms with Crippen LogP contribution in [0.1, 0.15) is 16.8 Å². The van der Waals surface area contributed by atoms with E-state index in [1.807, 2.05) is 30.3 Å². The van der Waals surface area contributed by atoms with E-state index >= 15 is 0 Å². The third-order valence-corrected chi connectivity index (χ3v) is 6.02. The second-order valence-corrected chi connectivity index (χ2v) is 8.17. The molecule has 1 fully saturated rings. The molecule has 1 atom stereocenters. The summed E-state index contributed by atoms with van der Waals surface area (Å²) in [4.78, 5) is 35.4. The Morgan fingerprint density at radius 1 is 1.24 bits per heavy atom. The van der Waals surface area contributed by atoms with Crippen LogP contribution in [0.5, 0.6) is 0 Å². The molecule has 0 bridgehead atoms. The van der Waals surface area contributed by atoms with Crippen molar-refractivity contribution in [2.75, 3.05) is 25.4 Å². The largest absolute Gasteiger partial charge is 0.465 e. The molecule has 1 aliphatic rings. The molecule has 0 spiro atoms. The Morgan fingerprint density at radius 3 is 2.74 bits per heavy atom. The van der Waals surface area contributed by atoms with Gasteiger partial charge in [0, 0.05) is 38.4 Å². The average molecular weight is 462 g/mol. The topological polar surface area (TPSA) is 165 Å². The molecule has 0 saturated carbocycles. The fourth-order valence-corrected chi connectivity index (χ4v) is 4.34. The van der Waals surface area contributed by atoms with Gasteiger partial charge in [0.1, 0.15) is 5.52 Å². The first-order chi connectivity index (χ1) is 16.4. The molecule has 0 radical (unpaired) electrons. The number of amides is 2. The summed E-state index contributed by atoms with van der Waals surface area (Å²) in [7, 11) is 1.77. The van der Waals surface area contributed by atoms with Crippen molar-refractivity contribution >= 4 is 28.9 Å². The minimum atomic E-state index is -1.07. The summed E-state index contributed by atoms with van der Waals surface area (Å²) in [5.74, 6) is 0.345. The van der Waals surface area contributed by atoms with Crippen molar-refractivity contribution in [3.63, 3.8) is 0 Å². The summed E-state index contributed by atoms with van der Waals surface area (Å²) < 4.78 is 6.50. The van der Waals surface area contributed by atoms with Crippen LogP contribution in [0.15, 0.2) is 41.2 Å². The molecule has 4 aromatic rings. The Balaban J connectivity index is 1.59. The maximum absolute atomic E-state index is 13.5. The molecule has 4 N–H and O–H groups in total. The molecular formula is C22H22N8O4. The molecule has 2 amide bonds. The number of nitrogens with zero attached hydrogens (tertiary/aromatic N) is 6. The predicted molar refractivity (Wildman–Crippen MR) is 122 cm³/mol. The first-order valence-electron chi connectivity index (χ1n) is 10.7. The number of nitrogen functional groups attached to an aromatic ring is 1. The number of fused-ring (bicyclic) bond motifs is 1. The zero-order valence-corrected chi connectivity index (χ0v) is 18.3. The summed E-state index contributed by atoms with van der Waals surface area (Å²) in [6.07, 6.45) is 1.20. The van der Waals surface area contributed by atoms with Gasteiger partial charge >= 0.3 is 6.09 Å². The Labute approximate surface area is 193 Å². The molecular weight excluding hydrogens is 440 g/mol. The van der Waals surface area contributed by atoms with Crippen LogP contribution < -0.4 is 11.1 Å². The van der Waals surface area contributed by atoms with Gasteiger partial charge in [0.25, 0.3) is 5.91 Å². The van der Waals surface area contributed by atoms with Gasteiger partial charge in [-0.3, -0.25) is 9.78 Å². The van der Waals surface area contributed by atoms with Gasteiger partial charge in [-0.2, -0.15) is 0 Å². The Morgan fingerprint density at radius 2 is 2.03 bits per heavy atom. The minimum absolute atomic E-state index is 0.0511. The highest BCUT2D eigenvalue weighted by Gasteiger charge is 2.31. The highest BCUT2D eigenvalue weighted by atomic mass is 16.6. The van der Waals surface area contributed by atoms with Crippen LogP contribution in [-0.4, -0.2) is 66.5 Å². The van der Waals surface area contributed by atoms with E-state index in [0.717, 1.165) is 5.56 Å². The summed E-state index contributed by atoms with van der Waals surface area (Å²) in [5, 5.41) is 18.8. The number of hydrogen-bond donors (Lipinski definition) is 3. The normalized spacial score (nSPS) is 15.7. The monoisotopic (exact) mass is 462 g/mol. The molecule has 174 valence electrons. The molecule has 5 rings (SSSR count). The number of rotatable bonds is 5. The van der Waals surface area contributed by atoms with E-state index in [1.54, 1.807) is 22.7 Å². The van der Waals surface area contributed by atoms with Gasteiger partial charge in [0.15, 0.2) is 17.3 Å². The van der Waals surface area contributed by atoms with Gasteiger partial charge in [0.2, 0.25) is 0 Å². The van der Waals surface area contributed by atoms with E-state index in [-0.39, 0.29) is 23.3 Å². The first kappa shape index (κ1) is 21.4. The van der Waals surface area contributed by atoms with Crippen molar-refractivity contribution in [2.24, 2.45) is 13.0 Å². The lowest BCUT2D eigenvalue weighted by molar-refractivity contribution is 0.0788. The fraction of sp³-hybridized carbons (Fsp3) is 0.273. The minimum Gasteiger partial charge on any atom is -0.465 e. The predicted octanol–water partition coefficient (Wildman–Crippen LogP) is 2.00. The lowest BCUT2D eigenvalue weighted by Crippen LogP contribution is -2.32. The quantitative estimate of drug-likeness (QED) is 0.402. The van der Waals surface area contributed by atoms with E-state index in [1.165, 1.54) is 0 Å². The molecule has 1 aliphatic heterocycles. The number of hydrogen-bond acceptors (Lipinski definition) is 8. The molecule has 34 heavy (non-hydrogen) atoms.